The van der Waals surface area contributed by atoms with Crippen molar-refractivity contribution in [1.82, 2.24) is 16.0 Å². The van der Waals surface area contributed by atoms with Crippen LogP contribution in [0.1, 0.15) is 6.42 Å². The smallest absolute Gasteiger partial charge is 0.315 e. The van der Waals surface area contributed by atoms with Crippen molar-refractivity contribution in [1.29, 1.82) is 0 Å². The molecule has 2 fully saturated rings. The molecule has 4 unspecified atom stereocenters. The van der Waals surface area contributed by atoms with Crippen LogP contribution in [0.25, 0.3) is 0 Å². The van der Waals surface area contributed by atoms with E-state index in [1.807, 2.05) is 0 Å². The molecule has 0 aromatic heterocycles. The van der Waals surface area contributed by atoms with Gasteiger partial charge in [0.2, 0.25) is 0 Å². The molecule has 0 spiro atoms. The number of fused-ring (bicyclic) bond motifs is 1. The largest absolute Gasteiger partial charge is 0.333 e. The molecular weight excluding hydrogens is 201 g/mol. The molecule has 0 radical (unpaired) electrons. The number of urea groups is 1. The van der Waals surface area contributed by atoms with Gasteiger partial charge in [-0.3, -0.25) is 5.32 Å². The van der Waals surface area contributed by atoms with E-state index in [4.69, 9.17) is 23.2 Å². The lowest BCUT2D eigenvalue weighted by atomic mass is 10.0. The molecule has 0 bridgehead atoms. The Bertz CT molecular complexity index is 213. The Morgan fingerprint density at radius 3 is 2.83 bits per heavy atom. The normalized spacial score (nSPS) is 46.3. The van der Waals surface area contributed by atoms with Gasteiger partial charge in [-0.05, 0) is 6.42 Å². The molecule has 6 heteroatoms. The minimum absolute atomic E-state index is 0.0471. The van der Waals surface area contributed by atoms with E-state index in [9.17, 15) is 4.79 Å². The van der Waals surface area contributed by atoms with Crippen molar-refractivity contribution in [2.75, 3.05) is 0 Å². The minimum Gasteiger partial charge on any atom is -0.333 e. The van der Waals surface area contributed by atoms with Crippen molar-refractivity contribution in [2.24, 2.45) is 0 Å². The first-order valence-electron chi connectivity index (χ1n) is 3.78. The van der Waals surface area contributed by atoms with Gasteiger partial charge >= 0.3 is 6.03 Å². The van der Waals surface area contributed by atoms with Gasteiger partial charge in [0.25, 0.3) is 0 Å². The van der Waals surface area contributed by atoms with Crippen LogP contribution in [0.2, 0.25) is 0 Å². The zero-order valence-electron chi connectivity index (χ0n) is 6.18. The number of alkyl halides is 2. The number of carbonyl (C=O) groups is 1. The fourth-order valence-electron chi connectivity index (χ4n) is 1.60. The van der Waals surface area contributed by atoms with E-state index in [0.717, 1.165) is 0 Å². The fourth-order valence-corrected chi connectivity index (χ4v) is 2.38. The van der Waals surface area contributed by atoms with Crippen molar-refractivity contribution < 1.29 is 4.79 Å². The summed E-state index contributed by atoms with van der Waals surface area (Å²) < 4.78 is 0. The molecule has 0 aliphatic carbocycles. The van der Waals surface area contributed by atoms with Crippen LogP contribution in [-0.2, 0) is 0 Å². The third kappa shape index (κ3) is 1.34. The van der Waals surface area contributed by atoms with Crippen LogP contribution < -0.4 is 16.0 Å². The maximum Gasteiger partial charge on any atom is 0.315 e. The van der Waals surface area contributed by atoms with E-state index in [2.05, 4.69) is 16.0 Å². The molecule has 2 saturated heterocycles. The Morgan fingerprint density at radius 1 is 1.33 bits per heavy atom. The summed E-state index contributed by atoms with van der Waals surface area (Å²) in [5.74, 6) is 0. The van der Waals surface area contributed by atoms with Gasteiger partial charge in [-0.15, -0.1) is 23.2 Å². The first-order chi connectivity index (χ1) is 5.66. The quantitative estimate of drug-likeness (QED) is 0.394. The maximum absolute atomic E-state index is 10.9. The number of hydrogen-bond acceptors (Lipinski definition) is 2. The molecule has 2 amide bonds. The molecule has 2 aliphatic heterocycles. The SMILES string of the molecule is O=C1NC2CC(Cl)NC(Cl)C2N1. The van der Waals surface area contributed by atoms with Gasteiger partial charge in [0.15, 0.2) is 0 Å². The average molecular weight is 210 g/mol. The summed E-state index contributed by atoms with van der Waals surface area (Å²) in [5, 5.41) is 8.43. The highest BCUT2D eigenvalue weighted by atomic mass is 35.5. The first-order valence-corrected chi connectivity index (χ1v) is 4.65. The highest BCUT2D eigenvalue weighted by molar-refractivity contribution is 6.24. The summed E-state index contributed by atoms with van der Waals surface area (Å²) in [6.07, 6.45) is 0.703. The van der Waals surface area contributed by atoms with E-state index in [-0.39, 0.29) is 29.1 Å². The molecule has 68 valence electrons. The number of piperidine rings is 1. The van der Waals surface area contributed by atoms with Gasteiger partial charge in [-0.25, -0.2) is 4.79 Å². The van der Waals surface area contributed by atoms with Crippen LogP contribution in [0.15, 0.2) is 0 Å². The lowest BCUT2D eigenvalue weighted by Gasteiger charge is -2.32. The molecule has 2 heterocycles. The first kappa shape index (κ1) is 8.41. The van der Waals surface area contributed by atoms with Crippen LogP contribution in [0.5, 0.6) is 0 Å². The Hall–Kier alpha value is -0.190. The predicted octanol–water partition coefficient (Wildman–Crippen LogP) is 0.159. The van der Waals surface area contributed by atoms with E-state index >= 15 is 0 Å². The summed E-state index contributed by atoms with van der Waals surface area (Å²) >= 11 is 11.8. The van der Waals surface area contributed by atoms with Crippen molar-refractivity contribution in [3.05, 3.63) is 0 Å². The summed E-state index contributed by atoms with van der Waals surface area (Å²) in [6.45, 7) is 0. The Balaban J connectivity index is 2.10. The number of carbonyl (C=O) groups excluding carboxylic acids is 1. The lowest BCUT2D eigenvalue weighted by Crippen LogP contribution is -2.56. The lowest BCUT2D eigenvalue weighted by molar-refractivity contribution is 0.247. The second kappa shape index (κ2) is 2.94. The number of halogens is 2. The molecule has 2 rings (SSSR count). The van der Waals surface area contributed by atoms with Gasteiger partial charge in [-0.1, -0.05) is 0 Å². The van der Waals surface area contributed by atoms with Gasteiger partial charge in [0, 0.05) is 0 Å². The van der Waals surface area contributed by atoms with Gasteiger partial charge < -0.3 is 10.6 Å². The molecule has 0 aromatic carbocycles. The molecule has 2 aliphatic rings. The van der Waals surface area contributed by atoms with E-state index < -0.39 is 0 Å². The average Bonchev–Trinajstić information content (AvgIpc) is 2.29. The molecule has 4 atom stereocenters. The Morgan fingerprint density at radius 2 is 2.08 bits per heavy atom. The van der Waals surface area contributed by atoms with Crippen LogP contribution in [0, 0.1) is 0 Å². The third-order valence-electron chi connectivity index (χ3n) is 2.16. The Kier molecular flexibility index (Phi) is 2.06. The zero-order chi connectivity index (χ0) is 8.72. The second-order valence-corrected chi connectivity index (χ2v) is 4.02. The molecular formula is C6H9Cl2N3O. The van der Waals surface area contributed by atoms with Gasteiger partial charge in [0.1, 0.15) is 5.50 Å². The monoisotopic (exact) mass is 209 g/mol. The topological polar surface area (TPSA) is 53.2 Å². The summed E-state index contributed by atoms with van der Waals surface area (Å²) in [7, 11) is 0. The molecule has 0 aromatic rings. The number of amides is 2. The van der Waals surface area contributed by atoms with Crippen LogP contribution in [0.4, 0.5) is 4.79 Å². The zero-order valence-corrected chi connectivity index (χ0v) is 7.69. The molecule has 4 nitrogen and oxygen atoms in total. The van der Waals surface area contributed by atoms with E-state index in [1.54, 1.807) is 0 Å². The summed E-state index contributed by atoms with van der Waals surface area (Å²) in [4.78, 5) is 10.9. The number of nitrogens with one attached hydrogen (secondary N) is 3. The van der Waals surface area contributed by atoms with E-state index in [1.165, 1.54) is 0 Å². The van der Waals surface area contributed by atoms with E-state index in [0.29, 0.717) is 6.42 Å². The fraction of sp³-hybridized carbons (Fsp3) is 0.833. The van der Waals surface area contributed by atoms with Crippen LogP contribution in [0.3, 0.4) is 0 Å². The van der Waals surface area contributed by atoms with Crippen molar-refractivity contribution >= 4 is 29.2 Å². The van der Waals surface area contributed by atoms with Crippen LogP contribution in [-0.4, -0.2) is 29.1 Å². The molecule has 12 heavy (non-hydrogen) atoms. The number of hydrogen-bond donors (Lipinski definition) is 3. The highest BCUT2D eigenvalue weighted by Gasteiger charge is 2.41. The Labute approximate surface area is 80.0 Å². The summed E-state index contributed by atoms with van der Waals surface area (Å²) in [5.41, 5.74) is -0.445. The standard InChI is InChI=1S/C6H9Cl2N3O/c7-3-1-2-4(5(8)10-3)11-6(12)9-2/h2-5,10H,1H2,(H2,9,11,12). The molecule has 0 saturated carbocycles. The van der Waals surface area contributed by atoms with Crippen molar-refractivity contribution in [3.63, 3.8) is 0 Å². The summed E-state index contributed by atoms with van der Waals surface area (Å²) in [6, 6.07) is -0.152. The highest BCUT2D eigenvalue weighted by Crippen LogP contribution is 2.21. The second-order valence-electron chi connectivity index (χ2n) is 3.02. The van der Waals surface area contributed by atoms with Crippen molar-refractivity contribution in [2.45, 2.75) is 29.5 Å². The van der Waals surface area contributed by atoms with Crippen LogP contribution >= 0.6 is 23.2 Å². The minimum atomic E-state index is -0.287. The predicted molar refractivity (Wildman–Crippen MR) is 46.3 cm³/mol. The maximum atomic E-state index is 10.9. The third-order valence-corrected chi connectivity index (χ3v) is 2.87. The van der Waals surface area contributed by atoms with Gasteiger partial charge in [0.05, 0.1) is 17.6 Å². The van der Waals surface area contributed by atoms with Crippen molar-refractivity contribution in [3.8, 4) is 0 Å². The number of rotatable bonds is 0. The van der Waals surface area contributed by atoms with Gasteiger partial charge in [-0.2, -0.15) is 0 Å². The molecule has 3 N–H and O–H groups in total.